The van der Waals surface area contributed by atoms with Crippen molar-refractivity contribution < 1.29 is 9.90 Å². The van der Waals surface area contributed by atoms with Gasteiger partial charge in [0.2, 0.25) is 5.56 Å². The molecule has 14 heavy (non-hydrogen) atoms. The fraction of sp³-hybridized carbons (Fsp3) is 0.400. The second kappa shape index (κ2) is 3.29. The summed E-state index contributed by atoms with van der Waals surface area (Å²) in [5.74, 6) is -1.01. The van der Waals surface area contributed by atoms with Crippen LogP contribution in [0.4, 0.5) is 0 Å². The van der Waals surface area contributed by atoms with Crippen LogP contribution in [0.25, 0.3) is 0 Å². The first-order valence-corrected chi connectivity index (χ1v) is 4.67. The number of aromatic amines is 1. The quantitative estimate of drug-likeness (QED) is 0.697. The van der Waals surface area contributed by atoms with Crippen LogP contribution < -0.4 is 5.56 Å². The van der Waals surface area contributed by atoms with Crippen LogP contribution >= 0.6 is 0 Å². The van der Waals surface area contributed by atoms with Crippen molar-refractivity contribution in [2.75, 3.05) is 0 Å². The number of H-pyrrole nitrogens is 1. The maximum absolute atomic E-state index is 11.1. The molecular formula is C10H11NO3. The number of rotatable bonds is 1. The maximum Gasteiger partial charge on any atom is 0.336 e. The molecule has 74 valence electrons. The van der Waals surface area contributed by atoms with Gasteiger partial charge < -0.3 is 10.1 Å². The Labute approximate surface area is 80.6 Å². The third kappa shape index (κ3) is 1.43. The molecule has 0 unspecified atom stereocenters. The third-order valence-electron chi connectivity index (χ3n) is 2.57. The molecule has 0 amide bonds. The molecule has 1 aromatic rings. The number of fused-ring (bicyclic) bond motifs is 1. The van der Waals surface area contributed by atoms with E-state index in [1.165, 1.54) is 6.07 Å². The Bertz CT molecular complexity index is 433. The molecule has 0 aliphatic heterocycles. The molecule has 0 radical (unpaired) electrons. The molecule has 4 heteroatoms. The van der Waals surface area contributed by atoms with Crippen molar-refractivity contribution in [1.82, 2.24) is 4.98 Å². The Balaban J connectivity index is 2.64. The molecule has 0 aromatic carbocycles. The fourth-order valence-electron chi connectivity index (χ4n) is 1.93. The number of nitrogens with one attached hydrogen (secondary N) is 1. The summed E-state index contributed by atoms with van der Waals surface area (Å²) < 4.78 is 0. The van der Waals surface area contributed by atoms with E-state index in [0.29, 0.717) is 0 Å². The molecule has 1 aromatic heterocycles. The summed E-state index contributed by atoms with van der Waals surface area (Å²) in [5.41, 5.74) is 1.47. The van der Waals surface area contributed by atoms with Gasteiger partial charge in [-0.2, -0.15) is 0 Å². The van der Waals surface area contributed by atoms with Gasteiger partial charge in [-0.3, -0.25) is 4.79 Å². The normalized spacial score (nSPS) is 14.9. The molecule has 0 bridgehead atoms. The van der Waals surface area contributed by atoms with E-state index in [1.54, 1.807) is 0 Å². The minimum Gasteiger partial charge on any atom is -0.478 e. The highest BCUT2D eigenvalue weighted by molar-refractivity contribution is 5.89. The predicted octanol–water partition coefficient (Wildman–Crippen LogP) is 0.952. The minimum atomic E-state index is -1.01. The molecule has 0 saturated carbocycles. The zero-order valence-corrected chi connectivity index (χ0v) is 7.67. The summed E-state index contributed by atoms with van der Waals surface area (Å²) in [6, 6.07) is 1.17. The van der Waals surface area contributed by atoms with Gasteiger partial charge in [-0.15, -0.1) is 0 Å². The van der Waals surface area contributed by atoms with Gasteiger partial charge in [-0.1, -0.05) is 0 Å². The van der Waals surface area contributed by atoms with Gasteiger partial charge in [-0.25, -0.2) is 4.79 Å². The van der Waals surface area contributed by atoms with Crippen LogP contribution in [0, 0.1) is 0 Å². The van der Waals surface area contributed by atoms with Gasteiger partial charge in [0.25, 0.3) is 0 Å². The van der Waals surface area contributed by atoms with Crippen LogP contribution in [0.15, 0.2) is 10.9 Å². The Hall–Kier alpha value is -1.58. The van der Waals surface area contributed by atoms with Gasteiger partial charge in [0, 0.05) is 11.8 Å². The van der Waals surface area contributed by atoms with Gasteiger partial charge in [0.05, 0.1) is 5.56 Å². The Morgan fingerprint density at radius 3 is 2.79 bits per heavy atom. The molecule has 1 aliphatic carbocycles. The third-order valence-corrected chi connectivity index (χ3v) is 2.57. The summed E-state index contributed by atoms with van der Waals surface area (Å²) in [7, 11) is 0. The van der Waals surface area contributed by atoms with Crippen LogP contribution in [-0.2, 0) is 12.8 Å². The molecule has 0 atom stereocenters. The SMILES string of the molecule is O=C(O)c1cc(=O)[nH]c2c1CCCC2. The second-order valence-electron chi connectivity index (χ2n) is 3.52. The first kappa shape index (κ1) is 8.99. The van der Waals surface area contributed by atoms with Crippen molar-refractivity contribution in [2.45, 2.75) is 25.7 Å². The van der Waals surface area contributed by atoms with Crippen molar-refractivity contribution in [3.63, 3.8) is 0 Å². The monoisotopic (exact) mass is 193 g/mol. The fourth-order valence-corrected chi connectivity index (χ4v) is 1.93. The summed E-state index contributed by atoms with van der Waals surface area (Å²) >= 11 is 0. The lowest BCUT2D eigenvalue weighted by molar-refractivity contribution is 0.0695. The van der Waals surface area contributed by atoms with E-state index in [1.807, 2.05) is 0 Å². The van der Waals surface area contributed by atoms with Crippen molar-refractivity contribution in [3.05, 3.63) is 33.2 Å². The standard InChI is InChI=1S/C10H11NO3/c12-9-5-7(10(13)14)6-3-1-2-4-8(6)11-9/h5H,1-4H2,(H,11,12)(H,13,14). The Kier molecular flexibility index (Phi) is 2.11. The Morgan fingerprint density at radius 1 is 1.36 bits per heavy atom. The number of aryl methyl sites for hydroxylation is 1. The molecule has 2 N–H and O–H groups in total. The van der Waals surface area contributed by atoms with Crippen molar-refractivity contribution in [1.29, 1.82) is 0 Å². The number of hydrogen-bond acceptors (Lipinski definition) is 2. The summed E-state index contributed by atoms with van der Waals surface area (Å²) in [4.78, 5) is 24.7. The topological polar surface area (TPSA) is 70.2 Å². The molecule has 1 aliphatic rings. The van der Waals surface area contributed by atoms with E-state index in [0.717, 1.165) is 36.9 Å². The Morgan fingerprint density at radius 2 is 2.07 bits per heavy atom. The number of carboxylic acids is 1. The largest absolute Gasteiger partial charge is 0.478 e. The zero-order valence-electron chi connectivity index (χ0n) is 7.67. The van der Waals surface area contributed by atoms with E-state index >= 15 is 0 Å². The molecular weight excluding hydrogens is 182 g/mol. The van der Waals surface area contributed by atoms with E-state index < -0.39 is 5.97 Å². The van der Waals surface area contributed by atoms with E-state index in [2.05, 4.69) is 4.98 Å². The lowest BCUT2D eigenvalue weighted by atomic mass is 9.92. The first-order valence-electron chi connectivity index (χ1n) is 4.67. The molecule has 1 heterocycles. The first-order chi connectivity index (χ1) is 6.68. The van der Waals surface area contributed by atoms with E-state index in [9.17, 15) is 9.59 Å². The van der Waals surface area contributed by atoms with Crippen molar-refractivity contribution >= 4 is 5.97 Å². The van der Waals surface area contributed by atoms with Crippen molar-refractivity contribution in [2.24, 2.45) is 0 Å². The number of aromatic nitrogens is 1. The van der Waals surface area contributed by atoms with Crippen LogP contribution in [0.3, 0.4) is 0 Å². The smallest absolute Gasteiger partial charge is 0.336 e. The number of carboxylic acid groups (broad SMARTS) is 1. The summed E-state index contributed by atoms with van der Waals surface area (Å²) in [6.45, 7) is 0. The average molecular weight is 193 g/mol. The lowest BCUT2D eigenvalue weighted by Crippen LogP contribution is -2.19. The van der Waals surface area contributed by atoms with Crippen molar-refractivity contribution in [3.8, 4) is 0 Å². The highest BCUT2D eigenvalue weighted by Crippen LogP contribution is 2.21. The summed E-state index contributed by atoms with van der Waals surface area (Å²) in [6.07, 6.45) is 3.56. The second-order valence-corrected chi connectivity index (χ2v) is 3.52. The van der Waals surface area contributed by atoms with Crippen LogP contribution in [0.5, 0.6) is 0 Å². The average Bonchev–Trinajstić information content (AvgIpc) is 2.16. The molecule has 2 rings (SSSR count). The molecule has 0 spiro atoms. The highest BCUT2D eigenvalue weighted by Gasteiger charge is 2.18. The van der Waals surface area contributed by atoms with Crippen LogP contribution in [0.1, 0.15) is 34.5 Å². The minimum absolute atomic E-state index is 0.170. The maximum atomic E-state index is 11.1. The number of hydrogen-bond donors (Lipinski definition) is 2. The van der Waals surface area contributed by atoms with Gasteiger partial charge >= 0.3 is 5.97 Å². The zero-order chi connectivity index (χ0) is 10.1. The van der Waals surface area contributed by atoms with Crippen LogP contribution in [-0.4, -0.2) is 16.1 Å². The van der Waals surface area contributed by atoms with Gasteiger partial charge in [-0.05, 0) is 31.2 Å². The van der Waals surface area contributed by atoms with Gasteiger partial charge in [0.1, 0.15) is 0 Å². The number of pyridine rings is 1. The van der Waals surface area contributed by atoms with Gasteiger partial charge in [0.15, 0.2) is 0 Å². The van der Waals surface area contributed by atoms with Crippen LogP contribution in [0.2, 0.25) is 0 Å². The molecule has 4 nitrogen and oxygen atoms in total. The number of carbonyl (C=O) groups is 1. The molecule has 0 fully saturated rings. The summed E-state index contributed by atoms with van der Waals surface area (Å²) in [5, 5.41) is 8.91. The molecule has 0 saturated heterocycles. The number of aromatic carboxylic acids is 1. The van der Waals surface area contributed by atoms with E-state index in [4.69, 9.17) is 5.11 Å². The lowest BCUT2D eigenvalue weighted by Gasteiger charge is -2.16. The predicted molar refractivity (Wildman–Crippen MR) is 50.7 cm³/mol. The highest BCUT2D eigenvalue weighted by atomic mass is 16.4. The van der Waals surface area contributed by atoms with E-state index in [-0.39, 0.29) is 11.1 Å².